The minimum Gasteiger partial charge on any atom is -0.478 e. The van der Waals surface area contributed by atoms with Crippen LogP contribution in [0.25, 0.3) is 0 Å². The number of nitriles is 1. The molecule has 0 aliphatic carbocycles. The van der Waals surface area contributed by atoms with Crippen molar-refractivity contribution in [2.75, 3.05) is 0 Å². The van der Waals surface area contributed by atoms with Gasteiger partial charge in [-0.05, 0) is 37.6 Å². The van der Waals surface area contributed by atoms with Crippen LogP contribution in [0, 0.1) is 25.2 Å². The van der Waals surface area contributed by atoms with E-state index in [0.717, 1.165) is 5.56 Å². The number of hydrogen-bond donors (Lipinski definition) is 1. The van der Waals surface area contributed by atoms with E-state index in [1.807, 2.05) is 13.0 Å². The SMILES string of the molecule is Cc1ccc(C#N)cc1Oc1ncc(C(=O)O)cc1C. The predicted molar refractivity (Wildman–Crippen MR) is 71.9 cm³/mol. The fourth-order valence-corrected chi connectivity index (χ4v) is 1.67. The summed E-state index contributed by atoms with van der Waals surface area (Å²) >= 11 is 0. The Bertz CT molecular complexity index is 718. The largest absolute Gasteiger partial charge is 0.478 e. The number of carbonyl (C=O) groups is 1. The molecular formula is C15H12N2O3. The van der Waals surface area contributed by atoms with E-state index in [1.165, 1.54) is 12.3 Å². The zero-order valence-electron chi connectivity index (χ0n) is 11.0. The summed E-state index contributed by atoms with van der Waals surface area (Å²) in [6.07, 6.45) is 1.24. The number of nitrogens with zero attached hydrogens (tertiary/aromatic N) is 2. The van der Waals surface area contributed by atoms with Crippen molar-refractivity contribution < 1.29 is 14.6 Å². The number of aromatic carboxylic acids is 1. The number of benzene rings is 1. The molecule has 5 nitrogen and oxygen atoms in total. The van der Waals surface area contributed by atoms with Gasteiger partial charge in [-0.25, -0.2) is 9.78 Å². The van der Waals surface area contributed by atoms with Gasteiger partial charge in [0.25, 0.3) is 0 Å². The fourth-order valence-electron chi connectivity index (χ4n) is 1.67. The lowest BCUT2D eigenvalue weighted by Gasteiger charge is -2.10. The molecule has 0 saturated heterocycles. The average molecular weight is 268 g/mol. The monoisotopic (exact) mass is 268 g/mol. The van der Waals surface area contributed by atoms with Crippen LogP contribution in [-0.4, -0.2) is 16.1 Å². The minimum atomic E-state index is -1.03. The third-order valence-electron chi connectivity index (χ3n) is 2.80. The van der Waals surface area contributed by atoms with Crippen LogP contribution < -0.4 is 4.74 Å². The standard InChI is InChI=1S/C15H12N2O3/c1-9-3-4-11(7-16)6-13(9)20-14-10(2)5-12(8-17-14)15(18)19/h3-6,8H,1-2H3,(H,18,19). The Labute approximate surface area is 116 Å². The second kappa shape index (κ2) is 5.41. The van der Waals surface area contributed by atoms with Crippen LogP contribution in [0.15, 0.2) is 30.5 Å². The van der Waals surface area contributed by atoms with E-state index in [9.17, 15) is 4.79 Å². The lowest BCUT2D eigenvalue weighted by atomic mass is 10.1. The Morgan fingerprint density at radius 2 is 2.05 bits per heavy atom. The highest BCUT2D eigenvalue weighted by atomic mass is 16.5. The number of aromatic nitrogens is 1. The quantitative estimate of drug-likeness (QED) is 0.924. The summed E-state index contributed by atoms with van der Waals surface area (Å²) in [5.74, 6) is -0.175. The summed E-state index contributed by atoms with van der Waals surface area (Å²) in [5, 5.41) is 17.8. The van der Waals surface area contributed by atoms with Gasteiger partial charge >= 0.3 is 5.97 Å². The molecule has 2 aromatic rings. The fraction of sp³-hybridized carbons (Fsp3) is 0.133. The summed E-state index contributed by atoms with van der Waals surface area (Å²) < 4.78 is 5.66. The van der Waals surface area contributed by atoms with Gasteiger partial charge in [-0.15, -0.1) is 0 Å². The summed E-state index contributed by atoms with van der Waals surface area (Å²) in [4.78, 5) is 14.8. The van der Waals surface area contributed by atoms with E-state index in [-0.39, 0.29) is 5.56 Å². The maximum Gasteiger partial charge on any atom is 0.337 e. The first-order valence-corrected chi connectivity index (χ1v) is 5.90. The Hall–Kier alpha value is -2.87. The van der Waals surface area contributed by atoms with Crippen LogP contribution in [0.4, 0.5) is 0 Å². The number of carboxylic acids is 1. The van der Waals surface area contributed by atoms with Crippen LogP contribution >= 0.6 is 0 Å². The smallest absolute Gasteiger partial charge is 0.337 e. The maximum absolute atomic E-state index is 10.8. The molecule has 0 fully saturated rings. The molecule has 5 heteroatoms. The molecular weight excluding hydrogens is 256 g/mol. The summed E-state index contributed by atoms with van der Waals surface area (Å²) in [7, 11) is 0. The molecule has 0 unspecified atom stereocenters. The molecule has 0 atom stereocenters. The molecule has 1 aromatic carbocycles. The number of rotatable bonds is 3. The van der Waals surface area contributed by atoms with E-state index in [0.29, 0.717) is 22.8 Å². The van der Waals surface area contributed by atoms with Gasteiger partial charge in [0.2, 0.25) is 5.88 Å². The zero-order chi connectivity index (χ0) is 14.7. The van der Waals surface area contributed by atoms with Crippen molar-refractivity contribution in [1.82, 2.24) is 4.98 Å². The lowest BCUT2D eigenvalue weighted by Crippen LogP contribution is -2.00. The van der Waals surface area contributed by atoms with Crippen molar-refractivity contribution in [3.8, 4) is 17.7 Å². The van der Waals surface area contributed by atoms with Crippen LogP contribution in [-0.2, 0) is 0 Å². The van der Waals surface area contributed by atoms with Crippen molar-refractivity contribution >= 4 is 5.97 Å². The second-order valence-corrected chi connectivity index (χ2v) is 4.35. The van der Waals surface area contributed by atoms with Crippen molar-refractivity contribution in [1.29, 1.82) is 5.26 Å². The topological polar surface area (TPSA) is 83.2 Å². The van der Waals surface area contributed by atoms with Gasteiger partial charge in [0.1, 0.15) is 5.75 Å². The maximum atomic E-state index is 10.8. The van der Waals surface area contributed by atoms with E-state index < -0.39 is 5.97 Å². The van der Waals surface area contributed by atoms with Crippen LogP contribution in [0.3, 0.4) is 0 Å². The number of pyridine rings is 1. The number of ether oxygens (including phenoxy) is 1. The molecule has 1 aromatic heterocycles. The van der Waals surface area contributed by atoms with Gasteiger partial charge in [0.15, 0.2) is 0 Å². The molecule has 100 valence electrons. The van der Waals surface area contributed by atoms with Gasteiger partial charge in [-0.3, -0.25) is 0 Å². The Morgan fingerprint density at radius 3 is 2.65 bits per heavy atom. The highest BCUT2D eigenvalue weighted by molar-refractivity contribution is 5.87. The minimum absolute atomic E-state index is 0.109. The third-order valence-corrected chi connectivity index (χ3v) is 2.80. The van der Waals surface area contributed by atoms with Crippen molar-refractivity contribution in [2.24, 2.45) is 0 Å². The first-order valence-electron chi connectivity index (χ1n) is 5.90. The molecule has 0 bridgehead atoms. The highest BCUT2D eigenvalue weighted by Gasteiger charge is 2.10. The van der Waals surface area contributed by atoms with Gasteiger partial charge in [0, 0.05) is 11.8 Å². The van der Waals surface area contributed by atoms with E-state index in [4.69, 9.17) is 15.1 Å². The van der Waals surface area contributed by atoms with Crippen LogP contribution in [0.2, 0.25) is 0 Å². The normalized spacial score (nSPS) is 9.85. The predicted octanol–water partition coefficient (Wildman–Crippen LogP) is 3.06. The Morgan fingerprint density at radius 1 is 1.30 bits per heavy atom. The molecule has 0 saturated carbocycles. The molecule has 1 heterocycles. The van der Waals surface area contributed by atoms with Crippen LogP contribution in [0.1, 0.15) is 27.0 Å². The van der Waals surface area contributed by atoms with Crippen molar-refractivity contribution in [3.05, 3.63) is 52.7 Å². The number of aryl methyl sites for hydroxylation is 2. The van der Waals surface area contributed by atoms with Gasteiger partial charge in [0.05, 0.1) is 17.2 Å². The van der Waals surface area contributed by atoms with E-state index in [1.54, 1.807) is 25.1 Å². The molecule has 0 aliphatic heterocycles. The van der Waals surface area contributed by atoms with Crippen molar-refractivity contribution in [2.45, 2.75) is 13.8 Å². The first kappa shape index (κ1) is 13.6. The molecule has 2 rings (SSSR count). The molecule has 0 aliphatic rings. The molecule has 0 radical (unpaired) electrons. The Kier molecular flexibility index (Phi) is 3.67. The van der Waals surface area contributed by atoms with Gasteiger partial charge in [-0.1, -0.05) is 6.07 Å². The highest BCUT2D eigenvalue weighted by Crippen LogP contribution is 2.27. The summed E-state index contributed by atoms with van der Waals surface area (Å²) in [6.45, 7) is 3.58. The van der Waals surface area contributed by atoms with Crippen molar-refractivity contribution in [3.63, 3.8) is 0 Å². The van der Waals surface area contributed by atoms with E-state index >= 15 is 0 Å². The molecule has 0 amide bonds. The van der Waals surface area contributed by atoms with Gasteiger partial charge < -0.3 is 9.84 Å². The Balaban J connectivity index is 2.35. The second-order valence-electron chi connectivity index (χ2n) is 4.35. The number of hydrogen-bond acceptors (Lipinski definition) is 4. The molecule has 20 heavy (non-hydrogen) atoms. The molecule has 0 spiro atoms. The lowest BCUT2D eigenvalue weighted by molar-refractivity contribution is 0.0696. The summed E-state index contributed by atoms with van der Waals surface area (Å²) in [6, 6.07) is 8.65. The summed E-state index contributed by atoms with van der Waals surface area (Å²) in [5.41, 5.74) is 2.09. The van der Waals surface area contributed by atoms with E-state index in [2.05, 4.69) is 4.98 Å². The average Bonchev–Trinajstić information content (AvgIpc) is 2.43. The zero-order valence-corrected chi connectivity index (χ0v) is 11.0. The molecule has 1 N–H and O–H groups in total. The third kappa shape index (κ3) is 2.75. The first-order chi connectivity index (χ1) is 9.51. The van der Waals surface area contributed by atoms with Gasteiger partial charge in [-0.2, -0.15) is 5.26 Å². The number of carboxylic acid groups (broad SMARTS) is 1. The van der Waals surface area contributed by atoms with Crippen LogP contribution in [0.5, 0.6) is 11.6 Å².